The number of amides is 1. The van der Waals surface area contributed by atoms with Crippen LogP contribution in [-0.2, 0) is 21.0 Å². The number of hydrogen-bond donors (Lipinski definition) is 2. The Morgan fingerprint density at radius 1 is 0.939 bits per heavy atom. The summed E-state index contributed by atoms with van der Waals surface area (Å²) >= 11 is 0. The van der Waals surface area contributed by atoms with Gasteiger partial charge in [0, 0.05) is 28.1 Å². The van der Waals surface area contributed by atoms with E-state index < -0.39 is 39.3 Å². The molecule has 0 aromatic heterocycles. The van der Waals surface area contributed by atoms with Crippen molar-refractivity contribution >= 4 is 39.0 Å². The second-order valence-corrected chi connectivity index (χ2v) is 8.73. The molecule has 0 unspecified atom stereocenters. The van der Waals surface area contributed by atoms with E-state index in [1.807, 2.05) is 0 Å². The molecule has 0 atom stereocenters. The van der Waals surface area contributed by atoms with Crippen LogP contribution in [0.15, 0.2) is 65.6 Å². The molecule has 1 amide bonds. The van der Waals surface area contributed by atoms with Crippen molar-refractivity contribution in [3.8, 4) is 0 Å². The Hall–Kier alpha value is -3.73. The summed E-state index contributed by atoms with van der Waals surface area (Å²) < 4.78 is 93.3. The molecule has 1 aliphatic rings. The summed E-state index contributed by atoms with van der Waals surface area (Å²) in [5.41, 5.74) is -0.928. The molecule has 33 heavy (non-hydrogen) atoms. The Bertz CT molecular complexity index is 1400. The lowest BCUT2D eigenvalue weighted by atomic mass is 10.0. The monoisotopic (exact) mass is 480 g/mol. The Morgan fingerprint density at radius 2 is 1.64 bits per heavy atom. The average Bonchev–Trinajstić information content (AvgIpc) is 3.05. The van der Waals surface area contributed by atoms with Crippen LogP contribution in [0, 0.1) is 11.6 Å². The van der Waals surface area contributed by atoms with E-state index in [9.17, 15) is 35.2 Å². The molecule has 1 aliphatic heterocycles. The fourth-order valence-electron chi connectivity index (χ4n) is 3.21. The van der Waals surface area contributed by atoms with E-state index in [2.05, 4.69) is 10.0 Å². The van der Waals surface area contributed by atoms with Crippen molar-refractivity contribution in [3.63, 3.8) is 0 Å². The zero-order valence-electron chi connectivity index (χ0n) is 16.4. The quantitative estimate of drug-likeness (QED) is 0.394. The third-order valence-electron chi connectivity index (χ3n) is 4.83. The largest absolute Gasteiger partial charge is 0.416 e. The number of carbonyl (C=O) groups is 1. The fourth-order valence-corrected chi connectivity index (χ4v) is 4.29. The predicted molar refractivity (Wildman–Crippen MR) is 112 cm³/mol. The second kappa shape index (κ2) is 8.00. The van der Waals surface area contributed by atoms with Crippen molar-refractivity contribution < 1.29 is 35.2 Å². The number of hydrogen-bond acceptors (Lipinski definition) is 3. The van der Waals surface area contributed by atoms with Crippen LogP contribution in [0.4, 0.5) is 33.3 Å². The van der Waals surface area contributed by atoms with Gasteiger partial charge in [-0.15, -0.1) is 0 Å². The van der Waals surface area contributed by atoms with Gasteiger partial charge in [0.25, 0.3) is 15.9 Å². The molecule has 170 valence electrons. The van der Waals surface area contributed by atoms with Gasteiger partial charge < -0.3 is 5.32 Å². The third kappa shape index (κ3) is 4.44. The van der Waals surface area contributed by atoms with Gasteiger partial charge in [-0.05, 0) is 54.6 Å². The second-order valence-electron chi connectivity index (χ2n) is 7.04. The minimum Gasteiger partial charge on any atom is -0.321 e. The van der Waals surface area contributed by atoms with Crippen molar-refractivity contribution in [2.45, 2.75) is 11.1 Å². The number of anilines is 2. The normalized spacial score (nSPS) is 14.8. The SMILES string of the molecule is O=C1Nc2ccc(S(=O)(=O)Nc3ccc(C(F)(F)F)cc3)cc2C1=Cc1cccc(F)c1F. The Balaban J connectivity index is 1.68. The van der Waals surface area contributed by atoms with Gasteiger partial charge in [0.15, 0.2) is 11.6 Å². The highest BCUT2D eigenvalue weighted by Gasteiger charge is 2.30. The van der Waals surface area contributed by atoms with Crippen LogP contribution in [0.2, 0.25) is 0 Å². The molecular weight excluding hydrogens is 467 g/mol. The van der Waals surface area contributed by atoms with Crippen LogP contribution in [0.5, 0.6) is 0 Å². The zero-order valence-corrected chi connectivity index (χ0v) is 17.2. The summed E-state index contributed by atoms with van der Waals surface area (Å²) in [7, 11) is -4.24. The average molecular weight is 480 g/mol. The van der Waals surface area contributed by atoms with Crippen molar-refractivity contribution in [1.82, 2.24) is 0 Å². The summed E-state index contributed by atoms with van der Waals surface area (Å²) in [6, 6.07) is 10.5. The molecule has 5 nitrogen and oxygen atoms in total. The van der Waals surface area contributed by atoms with Crippen molar-refractivity contribution in [3.05, 3.63) is 89.0 Å². The molecule has 0 fully saturated rings. The van der Waals surface area contributed by atoms with E-state index >= 15 is 0 Å². The lowest BCUT2D eigenvalue weighted by molar-refractivity contribution is -0.137. The van der Waals surface area contributed by atoms with Gasteiger partial charge in [0.2, 0.25) is 0 Å². The van der Waals surface area contributed by atoms with Crippen molar-refractivity contribution in [2.24, 2.45) is 0 Å². The summed E-state index contributed by atoms with van der Waals surface area (Å²) in [5.74, 6) is -2.92. The first-order valence-electron chi connectivity index (χ1n) is 9.27. The van der Waals surface area contributed by atoms with E-state index in [1.54, 1.807) is 0 Å². The number of fused-ring (bicyclic) bond motifs is 1. The molecule has 1 heterocycles. The topological polar surface area (TPSA) is 75.3 Å². The molecule has 2 N–H and O–H groups in total. The van der Waals surface area contributed by atoms with Gasteiger partial charge in [-0.3, -0.25) is 9.52 Å². The molecule has 3 aromatic carbocycles. The smallest absolute Gasteiger partial charge is 0.321 e. The Morgan fingerprint density at radius 3 is 2.30 bits per heavy atom. The Kier molecular flexibility index (Phi) is 5.44. The van der Waals surface area contributed by atoms with Crippen LogP contribution in [0.3, 0.4) is 0 Å². The molecule has 0 radical (unpaired) electrons. The summed E-state index contributed by atoms with van der Waals surface area (Å²) in [4.78, 5) is 12.1. The van der Waals surface area contributed by atoms with E-state index in [0.29, 0.717) is 0 Å². The molecule has 11 heteroatoms. The first-order chi connectivity index (χ1) is 15.5. The molecule has 0 bridgehead atoms. The maximum atomic E-state index is 14.0. The van der Waals surface area contributed by atoms with E-state index in [4.69, 9.17) is 0 Å². The van der Waals surface area contributed by atoms with Gasteiger partial charge >= 0.3 is 6.18 Å². The van der Waals surface area contributed by atoms with E-state index in [1.165, 1.54) is 24.3 Å². The molecular formula is C22H13F5N2O3S. The highest BCUT2D eigenvalue weighted by atomic mass is 32.2. The van der Waals surface area contributed by atoms with Crippen LogP contribution in [-0.4, -0.2) is 14.3 Å². The van der Waals surface area contributed by atoms with Gasteiger partial charge in [-0.25, -0.2) is 17.2 Å². The molecule has 0 saturated heterocycles. The summed E-state index contributed by atoms with van der Waals surface area (Å²) in [5, 5.41) is 2.51. The number of rotatable bonds is 4. The van der Waals surface area contributed by atoms with Gasteiger partial charge in [0.05, 0.1) is 10.5 Å². The number of halogens is 5. The van der Waals surface area contributed by atoms with Crippen LogP contribution in [0.25, 0.3) is 11.6 Å². The van der Waals surface area contributed by atoms with Crippen molar-refractivity contribution in [1.29, 1.82) is 0 Å². The standard InChI is InChI=1S/C22H13F5N2O3S/c23-18-3-1-2-12(20(18)24)10-17-16-11-15(8-9-19(16)28-21(17)30)33(31,32)29-14-6-4-13(5-7-14)22(25,26)27/h1-11,29H,(H,28,30). The molecule has 0 saturated carbocycles. The maximum Gasteiger partial charge on any atom is 0.416 e. The fraction of sp³-hybridized carbons (Fsp3) is 0.0455. The molecule has 0 spiro atoms. The maximum absolute atomic E-state index is 14.0. The highest BCUT2D eigenvalue weighted by molar-refractivity contribution is 7.92. The summed E-state index contributed by atoms with van der Waals surface area (Å²) in [6.45, 7) is 0. The first kappa shape index (κ1) is 22.5. The van der Waals surface area contributed by atoms with Gasteiger partial charge in [0.1, 0.15) is 0 Å². The van der Waals surface area contributed by atoms with Crippen LogP contribution in [0.1, 0.15) is 16.7 Å². The van der Waals surface area contributed by atoms with E-state index in [0.717, 1.165) is 42.5 Å². The number of sulfonamides is 1. The number of nitrogens with one attached hydrogen (secondary N) is 2. The number of alkyl halides is 3. The van der Waals surface area contributed by atoms with Crippen LogP contribution >= 0.6 is 0 Å². The highest BCUT2D eigenvalue weighted by Crippen LogP contribution is 2.36. The third-order valence-corrected chi connectivity index (χ3v) is 6.21. The lowest BCUT2D eigenvalue weighted by Gasteiger charge is -2.11. The van der Waals surface area contributed by atoms with Crippen LogP contribution < -0.4 is 10.0 Å². The molecule has 4 rings (SSSR count). The van der Waals surface area contributed by atoms with Gasteiger partial charge in [-0.1, -0.05) is 12.1 Å². The zero-order chi connectivity index (χ0) is 24.0. The lowest BCUT2D eigenvalue weighted by Crippen LogP contribution is -2.13. The van der Waals surface area contributed by atoms with Gasteiger partial charge in [-0.2, -0.15) is 13.2 Å². The molecule has 3 aromatic rings. The minimum atomic E-state index is -4.57. The minimum absolute atomic E-state index is 0.0823. The Labute approximate surface area is 184 Å². The number of benzene rings is 3. The van der Waals surface area contributed by atoms with Crippen molar-refractivity contribution in [2.75, 3.05) is 10.0 Å². The number of carbonyl (C=O) groups excluding carboxylic acids is 1. The summed E-state index contributed by atoms with van der Waals surface area (Å²) in [6.07, 6.45) is -3.47. The molecule has 0 aliphatic carbocycles. The predicted octanol–water partition coefficient (Wildman–Crippen LogP) is 5.28. The van der Waals surface area contributed by atoms with E-state index in [-0.39, 0.29) is 33.0 Å². The first-order valence-corrected chi connectivity index (χ1v) is 10.8.